The lowest BCUT2D eigenvalue weighted by Gasteiger charge is -2.14. The molecule has 0 aromatic rings. The molecule has 0 spiro atoms. The highest BCUT2D eigenvalue weighted by Crippen LogP contribution is 2.67. The molecule has 0 aromatic carbocycles. The molecule has 1 unspecified atom stereocenters. The number of rotatable bonds is 7. The van der Waals surface area contributed by atoms with Gasteiger partial charge in [-0.15, -0.1) is 0 Å². The van der Waals surface area contributed by atoms with Gasteiger partial charge < -0.3 is 20.5 Å². The lowest BCUT2D eigenvalue weighted by molar-refractivity contribution is -0.139. The van der Waals surface area contributed by atoms with Gasteiger partial charge in [0.15, 0.2) is 0 Å². The van der Waals surface area contributed by atoms with E-state index in [-0.39, 0.29) is 29.8 Å². The van der Waals surface area contributed by atoms with Crippen molar-refractivity contribution >= 4 is 12.0 Å². The maximum Gasteiger partial charge on any atom is 0.314 e. The molecule has 1 aliphatic carbocycles. The predicted octanol–water partition coefficient (Wildman–Crippen LogP) is 1.46. The average molecular weight is 286 g/mol. The number of carboxylic acid groups (broad SMARTS) is 1. The number of hydrogen-bond acceptors (Lipinski definition) is 3. The van der Waals surface area contributed by atoms with E-state index in [9.17, 15) is 9.59 Å². The number of urea groups is 1. The van der Waals surface area contributed by atoms with Crippen LogP contribution >= 0.6 is 0 Å². The molecule has 2 amide bonds. The molecule has 1 saturated carbocycles. The second-order valence-electron chi connectivity index (χ2n) is 6.54. The Labute approximate surface area is 120 Å². The number of amides is 2. The number of hydrogen-bond donors (Lipinski definition) is 3. The summed E-state index contributed by atoms with van der Waals surface area (Å²) in [6.07, 6.45) is -0.633. The lowest BCUT2D eigenvalue weighted by atomic mass is 10.0. The molecule has 0 radical (unpaired) electrons. The summed E-state index contributed by atoms with van der Waals surface area (Å²) >= 11 is 0. The highest BCUT2D eigenvalue weighted by atomic mass is 16.5. The SMILES string of the molecule is COC(CNC(=O)NCC1C(C)(C)C1(C)C)CC(=O)O. The van der Waals surface area contributed by atoms with Gasteiger partial charge in [-0.25, -0.2) is 4.79 Å². The van der Waals surface area contributed by atoms with Crippen LogP contribution in [0.3, 0.4) is 0 Å². The average Bonchev–Trinajstić information content (AvgIpc) is 2.72. The van der Waals surface area contributed by atoms with Crippen molar-refractivity contribution in [3.8, 4) is 0 Å². The first-order valence-corrected chi connectivity index (χ1v) is 6.89. The molecule has 1 aliphatic rings. The van der Waals surface area contributed by atoms with Crippen molar-refractivity contribution in [3.63, 3.8) is 0 Å². The standard InChI is InChI=1S/C14H26N2O4/c1-13(2)10(14(13,3)4)8-16-12(19)15-7-9(20-5)6-11(17)18/h9-10H,6-8H2,1-5H3,(H,17,18)(H2,15,16,19). The van der Waals surface area contributed by atoms with E-state index in [1.807, 2.05) is 0 Å². The molecule has 0 heterocycles. The number of aliphatic carboxylic acids is 1. The van der Waals surface area contributed by atoms with Gasteiger partial charge in [0, 0.05) is 20.2 Å². The molecule has 1 atom stereocenters. The van der Waals surface area contributed by atoms with E-state index in [0.29, 0.717) is 12.5 Å². The van der Waals surface area contributed by atoms with Crippen LogP contribution in [-0.4, -0.2) is 43.4 Å². The van der Waals surface area contributed by atoms with Crippen LogP contribution in [0.1, 0.15) is 34.1 Å². The fraction of sp³-hybridized carbons (Fsp3) is 0.857. The maximum atomic E-state index is 11.7. The third-order valence-electron chi connectivity index (χ3n) is 5.01. The van der Waals surface area contributed by atoms with Crippen LogP contribution in [-0.2, 0) is 9.53 Å². The second kappa shape index (κ2) is 5.99. The molecule has 0 aliphatic heterocycles. The Morgan fingerprint density at radius 2 is 1.75 bits per heavy atom. The normalized spacial score (nSPS) is 21.1. The van der Waals surface area contributed by atoms with E-state index in [4.69, 9.17) is 9.84 Å². The predicted molar refractivity (Wildman–Crippen MR) is 75.5 cm³/mol. The first kappa shape index (κ1) is 16.8. The summed E-state index contributed by atoms with van der Waals surface area (Å²) in [5.41, 5.74) is 0.470. The number of carbonyl (C=O) groups excluding carboxylic acids is 1. The Bertz CT molecular complexity index is 365. The van der Waals surface area contributed by atoms with Gasteiger partial charge in [-0.1, -0.05) is 27.7 Å². The fourth-order valence-corrected chi connectivity index (χ4v) is 2.74. The third-order valence-corrected chi connectivity index (χ3v) is 5.01. The number of methoxy groups -OCH3 is 1. The number of nitrogens with one attached hydrogen (secondary N) is 2. The van der Waals surface area contributed by atoms with Gasteiger partial charge in [-0.3, -0.25) is 4.79 Å². The maximum absolute atomic E-state index is 11.7. The quantitative estimate of drug-likeness (QED) is 0.661. The minimum atomic E-state index is -0.944. The summed E-state index contributed by atoms with van der Waals surface area (Å²) in [5.74, 6) is -0.487. The summed E-state index contributed by atoms with van der Waals surface area (Å²) in [5, 5.41) is 14.1. The number of ether oxygens (including phenoxy) is 1. The molecule has 6 heteroatoms. The Kier molecular flexibility index (Phi) is 5.02. The molecule has 116 valence electrons. The Morgan fingerprint density at radius 1 is 1.20 bits per heavy atom. The first-order chi connectivity index (χ1) is 9.12. The van der Waals surface area contributed by atoms with Gasteiger partial charge in [0.25, 0.3) is 0 Å². The fourth-order valence-electron chi connectivity index (χ4n) is 2.74. The van der Waals surface area contributed by atoms with E-state index in [2.05, 4.69) is 38.3 Å². The summed E-state index contributed by atoms with van der Waals surface area (Å²) in [4.78, 5) is 22.2. The van der Waals surface area contributed by atoms with E-state index in [1.54, 1.807) is 0 Å². The van der Waals surface area contributed by atoms with Gasteiger partial charge in [0.05, 0.1) is 12.5 Å². The van der Waals surface area contributed by atoms with E-state index >= 15 is 0 Å². The van der Waals surface area contributed by atoms with Crippen LogP contribution in [0, 0.1) is 16.7 Å². The van der Waals surface area contributed by atoms with Crippen molar-refractivity contribution in [3.05, 3.63) is 0 Å². The van der Waals surface area contributed by atoms with Crippen molar-refractivity contribution in [2.75, 3.05) is 20.2 Å². The topological polar surface area (TPSA) is 87.7 Å². The minimum absolute atomic E-state index is 0.126. The highest BCUT2D eigenvalue weighted by Gasteiger charge is 2.64. The van der Waals surface area contributed by atoms with Gasteiger partial charge in [-0.2, -0.15) is 0 Å². The molecule has 0 bridgehead atoms. The van der Waals surface area contributed by atoms with E-state index in [1.165, 1.54) is 7.11 Å². The van der Waals surface area contributed by atoms with Crippen LogP contribution in [0.5, 0.6) is 0 Å². The molecule has 1 fully saturated rings. The summed E-state index contributed by atoms with van der Waals surface area (Å²) in [6.45, 7) is 9.61. The van der Waals surface area contributed by atoms with E-state index in [0.717, 1.165) is 0 Å². The van der Waals surface area contributed by atoms with Crippen molar-refractivity contribution in [2.24, 2.45) is 16.7 Å². The van der Waals surface area contributed by atoms with Crippen molar-refractivity contribution in [2.45, 2.75) is 40.2 Å². The summed E-state index contributed by atoms with van der Waals surface area (Å²) in [7, 11) is 1.43. The number of carboxylic acids is 1. The van der Waals surface area contributed by atoms with Crippen LogP contribution in [0.15, 0.2) is 0 Å². The van der Waals surface area contributed by atoms with Crippen LogP contribution in [0.25, 0.3) is 0 Å². The summed E-state index contributed by atoms with van der Waals surface area (Å²) in [6, 6.07) is -0.282. The zero-order valence-corrected chi connectivity index (χ0v) is 12.9. The third kappa shape index (κ3) is 3.62. The summed E-state index contributed by atoms with van der Waals surface area (Å²) < 4.78 is 4.99. The molecule has 0 saturated heterocycles. The van der Waals surface area contributed by atoms with Gasteiger partial charge in [-0.05, 0) is 16.7 Å². The lowest BCUT2D eigenvalue weighted by Crippen LogP contribution is -2.41. The zero-order valence-electron chi connectivity index (χ0n) is 12.9. The second-order valence-corrected chi connectivity index (χ2v) is 6.54. The minimum Gasteiger partial charge on any atom is -0.481 e. The van der Waals surface area contributed by atoms with E-state index < -0.39 is 12.1 Å². The molecular formula is C14H26N2O4. The monoisotopic (exact) mass is 286 g/mol. The number of carbonyl (C=O) groups is 2. The smallest absolute Gasteiger partial charge is 0.314 e. The van der Waals surface area contributed by atoms with Crippen molar-refractivity contribution in [1.29, 1.82) is 0 Å². The molecular weight excluding hydrogens is 260 g/mol. The Balaban J connectivity index is 2.26. The largest absolute Gasteiger partial charge is 0.481 e. The molecule has 6 nitrogen and oxygen atoms in total. The zero-order chi connectivity index (χ0) is 15.6. The molecule has 3 N–H and O–H groups in total. The van der Waals surface area contributed by atoms with Gasteiger partial charge in [0.2, 0.25) is 0 Å². The van der Waals surface area contributed by atoms with Crippen molar-refractivity contribution in [1.82, 2.24) is 10.6 Å². The highest BCUT2D eigenvalue weighted by molar-refractivity contribution is 5.74. The van der Waals surface area contributed by atoms with Crippen LogP contribution < -0.4 is 10.6 Å². The molecule has 0 aromatic heterocycles. The Morgan fingerprint density at radius 3 is 2.15 bits per heavy atom. The van der Waals surface area contributed by atoms with Crippen LogP contribution in [0.2, 0.25) is 0 Å². The van der Waals surface area contributed by atoms with Gasteiger partial charge >= 0.3 is 12.0 Å². The Hall–Kier alpha value is -1.30. The first-order valence-electron chi connectivity index (χ1n) is 6.89. The molecule has 1 rings (SSSR count). The molecule has 20 heavy (non-hydrogen) atoms. The van der Waals surface area contributed by atoms with Gasteiger partial charge in [0.1, 0.15) is 0 Å². The van der Waals surface area contributed by atoms with Crippen molar-refractivity contribution < 1.29 is 19.4 Å². The van der Waals surface area contributed by atoms with Crippen LogP contribution in [0.4, 0.5) is 4.79 Å².